The molecule has 100 valence electrons. The van der Waals surface area contributed by atoms with Crippen molar-refractivity contribution < 1.29 is 13.5 Å². The number of piperidine rings is 1. The highest BCUT2D eigenvalue weighted by Gasteiger charge is 2.22. The van der Waals surface area contributed by atoms with E-state index in [2.05, 4.69) is 5.32 Å². The highest BCUT2D eigenvalue weighted by atomic mass is 35.5. The topological polar surface area (TPSA) is 21.3 Å². The number of nitrogens with one attached hydrogen (secondary N) is 1. The predicted octanol–water partition coefficient (Wildman–Crippen LogP) is 3.17. The Balaban J connectivity index is 2.29. The maximum Gasteiger partial charge on any atom is 0.165 e. The molecule has 0 aliphatic carbocycles. The van der Waals surface area contributed by atoms with E-state index in [1.54, 1.807) is 0 Å². The summed E-state index contributed by atoms with van der Waals surface area (Å²) in [5, 5.41) is 3.37. The average Bonchev–Trinajstić information content (AvgIpc) is 2.37. The average molecular weight is 276 g/mol. The third-order valence-corrected chi connectivity index (χ3v) is 3.60. The molecule has 1 atom stereocenters. The lowest BCUT2D eigenvalue weighted by Crippen LogP contribution is -2.31. The van der Waals surface area contributed by atoms with Crippen molar-refractivity contribution >= 4 is 11.6 Å². The number of ether oxygens (including phenoxy) is 1. The van der Waals surface area contributed by atoms with Gasteiger partial charge in [0.2, 0.25) is 0 Å². The Morgan fingerprint density at radius 2 is 2.28 bits per heavy atom. The fourth-order valence-corrected chi connectivity index (χ4v) is 2.71. The van der Waals surface area contributed by atoms with Crippen LogP contribution in [-0.2, 0) is 6.42 Å². The third-order valence-electron chi connectivity index (χ3n) is 3.31. The van der Waals surface area contributed by atoms with E-state index in [1.165, 1.54) is 7.11 Å². The van der Waals surface area contributed by atoms with Crippen molar-refractivity contribution in [2.24, 2.45) is 5.92 Å². The summed E-state index contributed by atoms with van der Waals surface area (Å²) in [4.78, 5) is 0. The van der Waals surface area contributed by atoms with Crippen LogP contribution in [-0.4, -0.2) is 20.2 Å². The van der Waals surface area contributed by atoms with Crippen LogP contribution in [0.1, 0.15) is 18.4 Å². The highest BCUT2D eigenvalue weighted by Crippen LogP contribution is 2.34. The molecule has 0 saturated carbocycles. The van der Waals surface area contributed by atoms with Crippen LogP contribution in [0.4, 0.5) is 8.78 Å². The van der Waals surface area contributed by atoms with Crippen LogP contribution in [0.2, 0.25) is 5.02 Å². The summed E-state index contributed by atoms with van der Waals surface area (Å²) in [6.45, 7) is 1.80. The molecular formula is C13H16ClF2NO. The predicted molar refractivity (Wildman–Crippen MR) is 67.2 cm³/mol. The molecule has 0 radical (unpaired) electrons. The number of rotatable bonds is 3. The van der Waals surface area contributed by atoms with Gasteiger partial charge in [-0.1, -0.05) is 11.6 Å². The van der Waals surface area contributed by atoms with Crippen LogP contribution in [0, 0.1) is 17.6 Å². The third kappa shape index (κ3) is 2.75. The Bertz CT molecular complexity index is 433. The first-order valence-electron chi connectivity index (χ1n) is 6.04. The van der Waals surface area contributed by atoms with Crippen molar-refractivity contribution in [3.8, 4) is 5.75 Å². The van der Waals surface area contributed by atoms with E-state index in [1.807, 2.05) is 0 Å². The van der Waals surface area contributed by atoms with Crippen LogP contribution in [0.5, 0.6) is 5.75 Å². The number of hydrogen-bond donors (Lipinski definition) is 1. The monoisotopic (exact) mass is 275 g/mol. The molecule has 2 rings (SSSR count). The Kier molecular flexibility index (Phi) is 4.40. The van der Waals surface area contributed by atoms with Gasteiger partial charge in [-0.25, -0.2) is 8.78 Å². The minimum Gasteiger partial charge on any atom is -0.495 e. The first-order valence-corrected chi connectivity index (χ1v) is 6.42. The highest BCUT2D eigenvalue weighted by molar-refractivity contribution is 6.32. The van der Waals surface area contributed by atoms with Crippen molar-refractivity contribution in [2.45, 2.75) is 19.3 Å². The summed E-state index contributed by atoms with van der Waals surface area (Å²) in [7, 11) is 1.42. The first kappa shape index (κ1) is 13.6. The van der Waals surface area contributed by atoms with E-state index in [0.717, 1.165) is 32.0 Å². The molecule has 1 aromatic rings. The number of hydrogen-bond acceptors (Lipinski definition) is 2. The van der Waals surface area contributed by atoms with Crippen molar-refractivity contribution in [1.29, 1.82) is 0 Å². The van der Waals surface area contributed by atoms with E-state index in [4.69, 9.17) is 16.3 Å². The molecule has 0 amide bonds. The van der Waals surface area contributed by atoms with Crippen LogP contribution < -0.4 is 10.1 Å². The maximum absolute atomic E-state index is 13.9. The lowest BCUT2D eigenvalue weighted by atomic mass is 9.91. The molecule has 18 heavy (non-hydrogen) atoms. The summed E-state index contributed by atoms with van der Waals surface area (Å²) in [6.07, 6.45) is 2.50. The largest absolute Gasteiger partial charge is 0.495 e. The fraction of sp³-hybridized carbons (Fsp3) is 0.538. The number of methoxy groups -OCH3 is 1. The van der Waals surface area contributed by atoms with Gasteiger partial charge in [0.25, 0.3) is 0 Å². The lowest BCUT2D eigenvalue weighted by Gasteiger charge is -2.24. The van der Waals surface area contributed by atoms with Gasteiger partial charge in [-0.3, -0.25) is 0 Å². The Morgan fingerprint density at radius 1 is 1.50 bits per heavy atom. The second-order valence-electron chi connectivity index (χ2n) is 4.58. The van der Waals surface area contributed by atoms with Crippen LogP contribution in [0.15, 0.2) is 6.07 Å². The van der Waals surface area contributed by atoms with Crippen molar-refractivity contribution in [2.75, 3.05) is 20.2 Å². The molecule has 1 aromatic carbocycles. The van der Waals surface area contributed by atoms with Crippen molar-refractivity contribution in [3.63, 3.8) is 0 Å². The molecule has 5 heteroatoms. The van der Waals surface area contributed by atoms with Gasteiger partial charge in [0.1, 0.15) is 5.75 Å². The van der Waals surface area contributed by atoms with Gasteiger partial charge in [0.05, 0.1) is 12.1 Å². The summed E-state index contributed by atoms with van der Waals surface area (Å²) in [6, 6.07) is 0.957. The second kappa shape index (κ2) is 5.85. The van der Waals surface area contributed by atoms with Crippen LogP contribution in [0.3, 0.4) is 0 Å². The maximum atomic E-state index is 13.9. The fourth-order valence-electron chi connectivity index (χ4n) is 2.42. The van der Waals surface area contributed by atoms with Gasteiger partial charge < -0.3 is 10.1 Å². The first-order chi connectivity index (χ1) is 8.63. The SMILES string of the molecule is COc1c(Cl)cc(F)c(F)c1CC1CCCNC1. The van der Waals surface area contributed by atoms with E-state index >= 15 is 0 Å². The summed E-state index contributed by atoms with van der Waals surface area (Å²) >= 11 is 5.88. The number of halogens is 3. The van der Waals surface area contributed by atoms with E-state index in [0.29, 0.717) is 12.3 Å². The zero-order valence-electron chi connectivity index (χ0n) is 10.2. The lowest BCUT2D eigenvalue weighted by molar-refractivity contribution is 0.353. The van der Waals surface area contributed by atoms with Gasteiger partial charge in [0, 0.05) is 5.56 Å². The Hall–Kier alpha value is -0.870. The summed E-state index contributed by atoms with van der Waals surface area (Å²) in [5.41, 5.74) is 0.246. The van der Waals surface area contributed by atoms with Gasteiger partial charge in [-0.2, -0.15) is 0 Å². The van der Waals surface area contributed by atoms with E-state index < -0.39 is 11.6 Å². The van der Waals surface area contributed by atoms with Crippen LogP contribution >= 0.6 is 11.6 Å². The Labute approximate surface area is 110 Å². The molecule has 0 bridgehead atoms. The van der Waals surface area contributed by atoms with Gasteiger partial charge in [-0.15, -0.1) is 0 Å². The summed E-state index contributed by atoms with van der Waals surface area (Å²) < 4.78 is 32.3. The smallest absolute Gasteiger partial charge is 0.165 e. The summed E-state index contributed by atoms with van der Waals surface area (Å²) in [5.74, 6) is -1.22. The molecule has 1 aliphatic heterocycles. The molecule has 1 aliphatic rings. The normalized spacial score (nSPS) is 19.9. The molecule has 0 aromatic heterocycles. The zero-order valence-corrected chi connectivity index (χ0v) is 11.0. The van der Waals surface area contributed by atoms with Gasteiger partial charge >= 0.3 is 0 Å². The molecule has 1 saturated heterocycles. The molecule has 1 fully saturated rings. The van der Waals surface area contributed by atoms with Crippen LogP contribution in [0.25, 0.3) is 0 Å². The van der Waals surface area contributed by atoms with E-state index in [-0.39, 0.29) is 16.3 Å². The molecule has 1 heterocycles. The molecule has 1 N–H and O–H groups in total. The molecular weight excluding hydrogens is 260 g/mol. The van der Waals surface area contributed by atoms with Crippen molar-refractivity contribution in [3.05, 3.63) is 28.3 Å². The second-order valence-corrected chi connectivity index (χ2v) is 4.99. The number of benzene rings is 1. The Morgan fingerprint density at radius 3 is 2.89 bits per heavy atom. The van der Waals surface area contributed by atoms with E-state index in [9.17, 15) is 8.78 Å². The quantitative estimate of drug-likeness (QED) is 0.856. The van der Waals surface area contributed by atoms with Crippen molar-refractivity contribution in [1.82, 2.24) is 5.32 Å². The minimum absolute atomic E-state index is 0.121. The minimum atomic E-state index is -0.917. The molecule has 2 nitrogen and oxygen atoms in total. The standard InChI is InChI=1S/C13H16ClF2NO/c1-18-13-9(5-8-3-2-4-17-7-8)12(16)11(15)6-10(13)14/h6,8,17H,2-5,7H2,1H3. The molecule has 0 spiro atoms. The van der Waals surface area contributed by atoms with Gasteiger partial charge in [-0.05, 0) is 44.3 Å². The zero-order chi connectivity index (χ0) is 13.1. The van der Waals surface area contributed by atoms with Gasteiger partial charge in [0.15, 0.2) is 11.6 Å². The molecule has 1 unspecified atom stereocenters.